The third-order valence-corrected chi connectivity index (χ3v) is 2.56. The molecule has 1 rings (SSSR count). The molecule has 0 spiro atoms. The highest BCUT2D eigenvalue weighted by atomic mass is 19.3. The number of nitrogens with one attached hydrogen (secondary N) is 1. The molecule has 1 aromatic rings. The van der Waals surface area contributed by atoms with Crippen LogP contribution >= 0.6 is 0 Å². The number of imidazole rings is 1. The van der Waals surface area contributed by atoms with Crippen molar-refractivity contribution in [1.29, 1.82) is 0 Å². The summed E-state index contributed by atoms with van der Waals surface area (Å²) >= 11 is 0. The van der Waals surface area contributed by atoms with E-state index in [1.54, 1.807) is 6.20 Å². The van der Waals surface area contributed by atoms with Crippen molar-refractivity contribution in [2.75, 3.05) is 6.54 Å². The van der Waals surface area contributed by atoms with E-state index >= 15 is 0 Å². The number of hydrogen-bond acceptors (Lipinski definition) is 2. The predicted molar refractivity (Wildman–Crippen MR) is 59.6 cm³/mol. The Morgan fingerprint density at radius 1 is 1.50 bits per heavy atom. The Bertz CT molecular complexity index is 299. The van der Waals surface area contributed by atoms with Gasteiger partial charge in [0.1, 0.15) is 5.82 Å². The quantitative estimate of drug-likeness (QED) is 0.777. The first-order chi connectivity index (χ1) is 7.65. The van der Waals surface area contributed by atoms with Crippen LogP contribution in [0.15, 0.2) is 12.4 Å². The lowest BCUT2D eigenvalue weighted by molar-refractivity contribution is 0.0940. The van der Waals surface area contributed by atoms with Gasteiger partial charge in [-0.05, 0) is 19.4 Å². The molecule has 16 heavy (non-hydrogen) atoms. The van der Waals surface area contributed by atoms with E-state index in [1.165, 1.54) is 0 Å². The maximum absolute atomic E-state index is 12.7. The first-order valence-electron chi connectivity index (χ1n) is 5.63. The Morgan fingerprint density at radius 2 is 2.25 bits per heavy atom. The average molecular weight is 231 g/mol. The van der Waals surface area contributed by atoms with Gasteiger partial charge in [-0.3, -0.25) is 0 Å². The fraction of sp³-hybridized carbons (Fsp3) is 0.727. The highest BCUT2D eigenvalue weighted by Crippen LogP contribution is 2.09. The summed E-state index contributed by atoms with van der Waals surface area (Å²) in [6.45, 7) is 2.60. The van der Waals surface area contributed by atoms with Gasteiger partial charge in [0.2, 0.25) is 0 Å². The summed E-state index contributed by atoms with van der Waals surface area (Å²) in [5.41, 5.74) is 0. The molecule has 92 valence electrons. The molecule has 0 amide bonds. The second-order valence-electron chi connectivity index (χ2n) is 3.89. The molecule has 1 aromatic heterocycles. The average Bonchev–Trinajstić information content (AvgIpc) is 2.64. The molecule has 0 saturated heterocycles. The summed E-state index contributed by atoms with van der Waals surface area (Å²) in [5.74, 6) is 0.851. The number of rotatable bonds is 7. The Labute approximate surface area is 94.9 Å². The van der Waals surface area contributed by atoms with Crippen molar-refractivity contribution in [2.24, 2.45) is 7.05 Å². The summed E-state index contributed by atoms with van der Waals surface area (Å²) in [6, 6.07) is -0.725. The monoisotopic (exact) mass is 231 g/mol. The molecule has 0 bridgehead atoms. The van der Waals surface area contributed by atoms with Crippen LogP contribution in [0.4, 0.5) is 8.78 Å². The molecule has 1 heterocycles. The van der Waals surface area contributed by atoms with Gasteiger partial charge in [-0.2, -0.15) is 0 Å². The summed E-state index contributed by atoms with van der Waals surface area (Å²) < 4.78 is 27.2. The molecule has 0 aromatic carbocycles. The van der Waals surface area contributed by atoms with Crippen LogP contribution in [0.2, 0.25) is 0 Å². The van der Waals surface area contributed by atoms with Crippen molar-refractivity contribution in [3.8, 4) is 0 Å². The van der Waals surface area contributed by atoms with Crippen molar-refractivity contribution in [3.05, 3.63) is 18.2 Å². The third kappa shape index (κ3) is 3.89. The van der Waals surface area contributed by atoms with Crippen LogP contribution in [0.3, 0.4) is 0 Å². The molecule has 1 N–H and O–H groups in total. The van der Waals surface area contributed by atoms with Crippen LogP contribution in [-0.4, -0.2) is 28.6 Å². The Balaban J connectivity index is 2.40. The van der Waals surface area contributed by atoms with Crippen LogP contribution in [-0.2, 0) is 13.5 Å². The van der Waals surface area contributed by atoms with Crippen molar-refractivity contribution < 1.29 is 8.78 Å². The minimum atomic E-state index is -2.31. The number of halogens is 2. The summed E-state index contributed by atoms with van der Waals surface area (Å²) in [7, 11) is 1.87. The predicted octanol–water partition coefficient (Wildman–Crippen LogP) is 1.99. The Morgan fingerprint density at radius 3 is 2.75 bits per heavy atom. The van der Waals surface area contributed by atoms with Crippen molar-refractivity contribution in [2.45, 2.75) is 38.7 Å². The zero-order valence-electron chi connectivity index (χ0n) is 9.79. The van der Waals surface area contributed by atoms with Crippen LogP contribution in [0.25, 0.3) is 0 Å². The van der Waals surface area contributed by atoms with Gasteiger partial charge in [-0.15, -0.1) is 0 Å². The van der Waals surface area contributed by atoms with E-state index < -0.39 is 12.5 Å². The molecule has 3 nitrogen and oxygen atoms in total. The maximum Gasteiger partial charge on any atom is 0.253 e. The van der Waals surface area contributed by atoms with E-state index in [1.807, 2.05) is 24.7 Å². The van der Waals surface area contributed by atoms with Crippen molar-refractivity contribution >= 4 is 0 Å². The van der Waals surface area contributed by atoms with E-state index in [0.717, 1.165) is 12.2 Å². The zero-order valence-corrected chi connectivity index (χ0v) is 9.79. The molecule has 0 aliphatic rings. The maximum atomic E-state index is 12.7. The molecular formula is C11H19F2N3. The van der Waals surface area contributed by atoms with Crippen LogP contribution in [0.5, 0.6) is 0 Å². The van der Waals surface area contributed by atoms with Crippen LogP contribution in [0, 0.1) is 0 Å². The molecule has 0 fully saturated rings. The van der Waals surface area contributed by atoms with Gasteiger partial charge >= 0.3 is 0 Å². The number of hydrogen-bond donors (Lipinski definition) is 1. The van der Waals surface area contributed by atoms with E-state index in [-0.39, 0.29) is 0 Å². The van der Waals surface area contributed by atoms with Crippen molar-refractivity contribution in [3.63, 3.8) is 0 Å². The topological polar surface area (TPSA) is 29.9 Å². The van der Waals surface area contributed by atoms with E-state index in [2.05, 4.69) is 10.3 Å². The lowest BCUT2D eigenvalue weighted by Crippen LogP contribution is -2.36. The number of aromatic nitrogens is 2. The highest BCUT2D eigenvalue weighted by Gasteiger charge is 2.19. The lowest BCUT2D eigenvalue weighted by atomic mass is 10.1. The van der Waals surface area contributed by atoms with Crippen LogP contribution < -0.4 is 5.32 Å². The highest BCUT2D eigenvalue weighted by molar-refractivity contribution is 4.92. The lowest BCUT2D eigenvalue weighted by Gasteiger charge is -2.17. The van der Waals surface area contributed by atoms with E-state index in [9.17, 15) is 8.78 Å². The fourth-order valence-electron chi connectivity index (χ4n) is 1.57. The molecular weight excluding hydrogens is 212 g/mol. The van der Waals surface area contributed by atoms with Crippen molar-refractivity contribution in [1.82, 2.24) is 14.9 Å². The first-order valence-corrected chi connectivity index (χ1v) is 5.63. The smallest absolute Gasteiger partial charge is 0.253 e. The molecule has 0 saturated carbocycles. The second kappa shape index (κ2) is 6.58. The summed E-state index contributed by atoms with van der Waals surface area (Å²) in [6.07, 6.45) is 3.06. The fourth-order valence-corrected chi connectivity index (χ4v) is 1.57. The zero-order chi connectivity index (χ0) is 12.0. The standard InChI is InChI=1S/C11H19F2N3/c1-3-6-14-9(11(12)13)4-5-10-15-7-8-16(10)2/h7-9,11,14H,3-6H2,1-2H3. The SMILES string of the molecule is CCCNC(CCc1nccn1C)C(F)F. The number of nitrogens with zero attached hydrogens (tertiary/aromatic N) is 2. The Kier molecular flexibility index (Phi) is 5.38. The van der Waals surface area contributed by atoms with Gasteiger partial charge in [0.15, 0.2) is 0 Å². The summed E-state index contributed by atoms with van der Waals surface area (Å²) in [5, 5.41) is 2.86. The van der Waals surface area contributed by atoms with Gasteiger partial charge < -0.3 is 9.88 Å². The molecule has 0 radical (unpaired) electrons. The number of aryl methyl sites for hydroxylation is 2. The van der Waals surface area contributed by atoms with Gasteiger partial charge in [0.25, 0.3) is 6.43 Å². The van der Waals surface area contributed by atoms with E-state index in [4.69, 9.17) is 0 Å². The molecule has 1 atom stereocenters. The van der Waals surface area contributed by atoms with Gasteiger partial charge in [-0.1, -0.05) is 6.92 Å². The number of alkyl halides is 2. The second-order valence-corrected chi connectivity index (χ2v) is 3.89. The molecule has 5 heteroatoms. The summed E-state index contributed by atoms with van der Waals surface area (Å²) in [4.78, 5) is 4.12. The van der Waals surface area contributed by atoms with E-state index in [0.29, 0.717) is 19.4 Å². The van der Waals surface area contributed by atoms with Crippen LogP contribution in [0.1, 0.15) is 25.6 Å². The van der Waals surface area contributed by atoms with Gasteiger partial charge in [-0.25, -0.2) is 13.8 Å². The molecule has 0 aliphatic heterocycles. The normalized spacial score (nSPS) is 13.3. The van der Waals surface area contributed by atoms with Gasteiger partial charge in [0, 0.05) is 25.9 Å². The minimum absolute atomic E-state index is 0.419. The minimum Gasteiger partial charge on any atom is -0.338 e. The molecule has 1 unspecified atom stereocenters. The van der Waals surface area contributed by atoms with Gasteiger partial charge in [0.05, 0.1) is 6.04 Å². The molecule has 0 aliphatic carbocycles. The Hall–Kier alpha value is -0.970. The third-order valence-electron chi connectivity index (χ3n) is 2.56. The largest absolute Gasteiger partial charge is 0.338 e. The first kappa shape index (κ1) is 13.1.